The van der Waals surface area contributed by atoms with Crippen LogP contribution in [0.5, 0.6) is 0 Å². The Balaban J connectivity index is 1.08. The fourth-order valence-corrected chi connectivity index (χ4v) is 10.5. The van der Waals surface area contributed by atoms with E-state index in [-0.39, 0.29) is 5.41 Å². The van der Waals surface area contributed by atoms with Crippen molar-refractivity contribution in [2.75, 3.05) is 4.90 Å². The van der Waals surface area contributed by atoms with E-state index in [1.54, 1.807) is 0 Å². The van der Waals surface area contributed by atoms with E-state index in [0.29, 0.717) is 0 Å². The van der Waals surface area contributed by atoms with E-state index >= 15 is 0 Å². The van der Waals surface area contributed by atoms with Crippen molar-refractivity contribution in [3.05, 3.63) is 258 Å². The van der Waals surface area contributed by atoms with Gasteiger partial charge in [0, 0.05) is 22.5 Å². The summed E-state index contributed by atoms with van der Waals surface area (Å²) in [5.74, 6) is 0. The summed E-state index contributed by atoms with van der Waals surface area (Å²) in [4.78, 5) is 2.39. The quantitative estimate of drug-likeness (QED) is 0.163. The summed E-state index contributed by atoms with van der Waals surface area (Å²) in [6, 6.07) is 82.7. The Morgan fingerprint density at radius 2 is 0.712 bits per heavy atom. The van der Waals surface area contributed by atoms with E-state index in [1.807, 2.05) is 0 Å². The van der Waals surface area contributed by atoms with Crippen LogP contribution in [-0.4, -0.2) is 0 Å². The van der Waals surface area contributed by atoms with Crippen LogP contribution < -0.4 is 4.90 Å². The number of hydrogen-bond acceptors (Lipinski definition) is 1. The minimum Gasteiger partial charge on any atom is -0.310 e. The summed E-state index contributed by atoms with van der Waals surface area (Å²) >= 11 is 0. The van der Waals surface area contributed by atoms with Gasteiger partial charge in [-0.2, -0.15) is 0 Å². The van der Waals surface area contributed by atoms with Crippen LogP contribution in [0.3, 0.4) is 0 Å². The molecule has 9 aromatic carbocycles. The van der Waals surface area contributed by atoms with Gasteiger partial charge >= 0.3 is 0 Å². The predicted octanol–water partition coefficient (Wildman–Crippen LogP) is 15.2. The van der Waals surface area contributed by atoms with Gasteiger partial charge in [0.25, 0.3) is 0 Å². The summed E-state index contributed by atoms with van der Waals surface area (Å²) in [6.07, 6.45) is 0. The molecule has 0 aliphatic heterocycles. The first kappa shape index (κ1) is 35.0. The van der Waals surface area contributed by atoms with Crippen molar-refractivity contribution < 1.29 is 0 Å². The van der Waals surface area contributed by atoms with Gasteiger partial charge in [0.15, 0.2) is 0 Å². The first-order valence-electron chi connectivity index (χ1n) is 20.7. The summed E-state index contributed by atoms with van der Waals surface area (Å²) in [6.45, 7) is 4.84. The van der Waals surface area contributed by atoms with Gasteiger partial charge in [0.1, 0.15) is 0 Å². The second kappa shape index (κ2) is 13.7. The van der Waals surface area contributed by atoms with Gasteiger partial charge in [-0.3, -0.25) is 0 Å². The minimum atomic E-state index is -0.431. The molecule has 9 aromatic rings. The number of nitrogens with zero attached hydrogens (tertiary/aromatic N) is 1. The van der Waals surface area contributed by atoms with Crippen LogP contribution in [-0.2, 0) is 10.8 Å². The van der Waals surface area contributed by atoms with Gasteiger partial charge in [-0.1, -0.05) is 202 Å². The number of benzene rings is 9. The molecule has 1 spiro atoms. The molecule has 0 radical (unpaired) electrons. The van der Waals surface area contributed by atoms with Crippen LogP contribution in [0.15, 0.2) is 224 Å². The topological polar surface area (TPSA) is 3.24 Å². The minimum absolute atomic E-state index is 0.263. The van der Waals surface area contributed by atoms with Gasteiger partial charge in [-0.25, -0.2) is 0 Å². The molecule has 0 fully saturated rings. The predicted molar refractivity (Wildman–Crippen MR) is 247 cm³/mol. The van der Waals surface area contributed by atoms with Gasteiger partial charge in [-0.15, -0.1) is 0 Å². The number of anilines is 3. The molecule has 0 heterocycles. The first-order valence-corrected chi connectivity index (χ1v) is 20.7. The Morgan fingerprint density at radius 3 is 1.36 bits per heavy atom. The molecule has 1 heteroatoms. The molecule has 0 bridgehead atoms. The maximum absolute atomic E-state index is 2.42. The van der Waals surface area contributed by atoms with Crippen LogP contribution >= 0.6 is 0 Å². The molecule has 0 amide bonds. The number of para-hydroxylation sites is 1. The van der Waals surface area contributed by atoms with E-state index in [0.717, 1.165) is 17.1 Å². The summed E-state index contributed by atoms with van der Waals surface area (Å²) < 4.78 is 0. The third-order valence-electron chi connectivity index (χ3n) is 12.9. The third-order valence-corrected chi connectivity index (χ3v) is 12.9. The zero-order valence-corrected chi connectivity index (χ0v) is 33.3. The highest BCUT2D eigenvalue weighted by atomic mass is 15.1. The second-order valence-corrected chi connectivity index (χ2v) is 16.4. The second-order valence-electron chi connectivity index (χ2n) is 16.4. The Labute approximate surface area is 347 Å². The maximum atomic E-state index is 2.42. The van der Waals surface area contributed by atoms with Crippen LogP contribution in [0.1, 0.15) is 47.2 Å². The van der Waals surface area contributed by atoms with Crippen molar-refractivity contribution in [2.24, 2.45) is 0 Å². The standard InChI is InChI=1S/C58H43N/c1-57(2)53-32-15-16-33-54(53)58(51-30-13-11-27-49(51)50-28-12-14-31-52(50)58)55-34-18-29-48(56(55)57)42-21-17-24-45(39-42)59(43-22-7-4-8-23-43)44-37-35-41(36-38-44)47-26-10-9-25-46(47)40-19-5-3-6-20-40/h3-39H,1-2H3. The van der Waals surface area contributed by atoms with Crippen molar-refractivity contribution in [2.45, 2.75) is 24.7 Å². The Morgan fingerprint density at radius 1 is 0.288 bits per heavy atom. The SMILES string of the molecule is CC1(C)c2ccccc2C2(c3ccccc3-c3ccccc32)c2cccc(-c3cccc(N(c4ccccc4)c4ccc(-c5ccccc5-c5ccccc5)cc4)c3)c21. The van der Waals surface area contributed by atoms with Crippen LogP contribution in [0.2, 0.25) is 0 Å². The number of hydrogen-bond donors (Lipinski definition) is 0. The largest absolute Gasteiger partial charge is 0.310 e. The average molecular weight is 754 g/mol. The lowest BCUT2D eigenvalue weighted by atomic mass is 9.54. The lowest BCUT2D eigenvalue weighted by Crippen LogP contribution is -2.41. The Kier molecular flexibility index (Phi) is 8.13. The summed E-state index contributed by atoms with van der Waals surface area (Å²) in [7, 11) is 0. The van der Waals surface area contributed by atoms with E-state index in [1.165, 1.54) is 77.9 Å². The van der Waals surface area contributed by atoms with Crippen LogP contribution in [0.25, 0.3) is 44.5 Å². The monoisotopic (exact) mass is 753 g/mol. The van der Waals surface area contributed by atoms with Crippen molar-refractivity contribution >= 4 is 17.1 Å². The molecule has 280 valence electrons. The zero-order chi connectivity index (χ0) is 39.6. The molecule has 0 saturated carbocycles. The van der Waals surface area contributed by atoms with E-state index in [2.05, 4.69) is 243 Å². The van der Waals surface area contributed by atoms with E-state index in [9.17, 15) is 0 Å². The molecule has 0 aromatic heterocycles. The maximum Gasteiger partial charge on any atom is 0.0719 e. The number of fused-ring (bicyclic) bond motifs is 9. The molecular weight excluding hydrogens is 711 g/mol. The molecule has 2 aliphatic carbocycles. The zero-order valence-electron chi connectivity index (χ0n) is 33.3. The lowest BCUT2D eigenvalue weighted by Gasteiger charge is -2.47. The Hall–Kier alpha value is -7.22. The van der Waals surface area contributed by atoms with Crippen molar-refractivity contribution in [1.29, 1.82) is 0 Å². The molecule has 11 rings (SSSR count). The summed E-state index contributed by atoms with van der Waals surface area (Å²) in [5, 5.41) is 0. The van der Waals surface area contributed by atoms with E-state index < -0.39 is 5.41 Å². The normalized spacial score (nSPS) is 13.9. The first-order chi connectivity index (χ1) is 29.0. The molecular formula is C58H43N. The molecule has 0 N–H and O–H groups in total. The highest BCUT2D eigenvalue weighted by Gasteiger charge is 2.53. The highest BCUT2D eigenvalue weighted by Crippen LogP contribution is 2.63. The fourth-order valence-electron chi connectivity index (χ4n) is 10.5. The third kappa shape index (κ3) is 5.31. The van der Waals surface area contributed by atoms with Gasteiger partial charge in [-0.05, 0) is 114 Å². The smallest absolute Gasteiger partial charge is 0.0719 e. The highest BCUT2D eigenvalue weighted by molar-refractivity contribution is 5.91. The fraction of sp³-hybridized carbons (Fsp3) is 0.0690. The van der Waals surface area contributed by atoms with Crippen LogP contribution in [0, 0.1) is 0 Å². The van der Waals surface area contributed by atoms with Crippen molar-refractivity contribution in [1.82, 2.24) is 0 Å². The molecule has 0 atom stereocenters. The molecule has 59 heavy (non-hydrogen) atoms. The van der Waals surface area contributed by atoms with Gasteiger partial charge in [0.05, 0.1) is 5.41 Å². The van der Waals surface area contributed by atoms with E-state index in [4.69, 9.17) is 0 Å². The van der Waals surface area contributed by atoms with Gasteiger partial charge < -0.3 is 4.90 Å². The average Bonchev–Trinajstić information content (AvgIpc) is 3.60. The number of rotatable bonds is 6. The molecule has 0 unspecified atom stereocenters. The Bertz CT molecular complexity index is 2970. The molecule has 1 nitrogen and oxygen atoms in total. The van der Waals surface area contributed by atoms with Crippen molar-refractivity contribution in [3.63, 3.8) is 0 Å². The van der Waals surface area contributed by atoms with Crippen molar-refractivity contribution in [3.8, 4) is 44.5 Å². The summed E-state index contributed by atoms with van der Waals surface area (Å²) in [5.41, 5.74) is 20.9. The lowest BCUT2D eigenvalue weighted by molar-refractivity contribution is 0.565. The molecule has 2 aliphatic rings. The molecule has 0 saturated heterocycles. The van der Waals surface area contributed by atoms with Crippen LogP contribution in [0.4, 0.5) is 17.1 Å². The van der Waals surface area contributed by atoms with Gasteiger partial charge in [0.2, 0.25) is 0 Å².